The van der Waals surface area contributed by atoms with Gasteiger partial charge in [0, 0.05) is 39.4 Å². The first kappa shape index (κ1) is 22.2. The number of benzene rings is 1. The third-order valence-electron chi connectivity index (χ3n) is 2.89. The topological polar surface area (TPSA) is 122 Å². The molecule has 0 radical (unpaired) electrons. The molecule has 1 aromatic rings. The zero-order valence-corrected chi connectivity index (χ0v) is 16.0. The van der Waals surface area contributed by atoms with Crippen molar-refractivity contribution in [2.75, 3.05) is 45.4 Å². The molecule has 1 aromatic carbocycles. The van der Waals surface area contributed by atoms with E-state index in [0.29, 0.717) is 26.3 Å². The minimum absolute atomic E-state index is 0. The number of nitrogens with zero attached hydrogens (tertiary/aromatic N) is 2. The Kier molecular flexibility index (Phi) is 9.85. The first-order chi connectivity index (χ1) is 10.3. The second-order valence-corrected chi connectivity index (χ2v) is 5.68. The van der Waals surface area contributed by atoms with E-state index in [1.807, 2.05) is 0 Å². The Morgan fingerprint density at radius 2 is 1.70 bits per heavy atom. The zero-order valence-electron chi connectivity index (χ0n) is 13.2. The fraction of sp³-hybridized carbons (Fsp3) is 0.500. The molecule has 0 aromatic heterocycles. The van der Waals surface area contributed by atoms with Crippen molar-refractivity contribution in [1.29, 1.82) is 0 Å². The number of methoxy groups -OCH3 is 2. The molecule has 0 aliphatic carbocycles. The summed E-state index contributed by atoms with van der Waals surface area (Å²) in [5, 5.41) is 10.8. The number of nitro groups is 1. The van der Waals surface area contributed by atoms with Crippen LogP contribution >= 0.6 is 0 Å². The van der Waals surface area contributed by atoms with Crippen LogP contribution in [0.1, 0.15) is 0 Å². The van der Waals surface area contributed by atoms with Crippen molar-refractivity contribution in [2.45, 2.75) is 4.90 Å². The Morgan fingerprint density at radius 1 is 1.17 bits per heavy atom. The van der Waals surface area contributed by atoms with Gasteiger partial charge in [-0.15, -0.1) is 0 Å². The van der Waals surface area contributed by atoms with Gasteiger partial charge in [0.25, 0.3) is 5.69 Å². The Labute approximate surface area is 156 Å². The summed E-state index contributed by atoms with van der Waals surface area (Å²) in [6, 6.07) is 3.16. The van der Waals surface area contributed by atoms with E-state index in [4.69, 9.17) is 9.47 Å². The van der Waals surface area contributed by atoms with Gasteiger partial charge in [-0.3, -0.25) is 10.1 Å². The molecule has 0 saturated heterocycles. The average Bonchev–Trinajstić information content (AvgIpc) is 2.46. The van der Waals surface area contributed by atoms with Crippen LogP contribution in [0.4, 0.5) is 11.4 Å². The molecule has 0 spiro atoms. The Hall–Kier alpha value is -0.750. The van der Waals surface area contributed by atoms with Crippen molar-refractivity contribution in [3.63, 3.8) is 0 Å². The maximum Gasteiger partial charge on any atom is 1.00 e. The van der Waals surface area contributed by atoms with Crippen LogP contribution < -0.4 is 34.5 Å². The van der Waals surface area contributed by atoms with Crippen molar-refractivity contribution in [3.8, 4) is 0 Å². The van der Waals surface area contributed by atoms with Crippen LogP contribution in [0.5, 0.6) is 0 Å². The van der Waals surface area contributed by atoms with Crippen LogP contribution in [0.3, 0.4) is 0 Å². The largest absolute Gasteiger partial charge is 1.00 e. The van der Waals surface area contributed by atoms with Crippen LogP contribution in [0.15, 0.2) is 23.1 Å². The predicted molar refractivity (Wildman–Crippen MR) is 77.0 cm³/mol. The second kappa shape index (κ2) is 10.2. The van der Waals surface area contributed by atoms with Crippen molar-refractivity contribution < 1.29 is 56.9 Å². The summed E-state index contributed by atoms with van der Waals surface area (Å²) in [4.78, 5) is 10.9. The quantitative estimate of drug-likeness (QED) is 0.208. The van der Waals surface area contributed by atoms with Gasteiger partial charge in [0.15, 0.2) is 0 Å². The number of anilines is 1. The monoisotopic (exact) mass is 356 g/mol. The molecule has 124 valence electrons. The maximum absolute atomic E-state index is 11.4. The molecule has 0 heterocycles. The van der Waals surface area contributed by atoms with Gasteiger partial charge in [-0.2, -0.15) is 0 Å². The van der Waals surface area contributed by atoms with Gasteiger partial charge < -0.3 is 18.9 Å². The maximum atomic E-state index is 11.4. The summed E-state index contributed by atoms with van der Waals surface area (Å²) in [5.41, 5.74) is -0.369. The summed E-state index contributed by atoms with van der Waals surface area (Å²) in [5.74, 6) is 0. The number of nitro benzene ring substituents is 1. The van der Waals surface area contributed by atoms with E-state index < -0.39 is 25.6 Å². The van der Waals surface area contributed by atoms with E-state index in [2.05, 4.69) is 0 Å². The third-order valence-corrected chi connectivity index (χ3v) is 3.76. The molecule has 11 heteroatoms. The molecule has 1 rings (SSSR count). The first-order valence-corrected chi connectivity index (χ1v) is 7.69. The van der Waals surface area contributed by atoms with E-state index in [-0.39, 0.29) is 35.2 Å². The predicted octanol–water partition coefficient (Wildman–Crippen LogP) is -2.40. The van der Waals surface area contributed by atoms with Gasteiger partial charge >= 0.3 is 29.6 Å². The summed E-state index contributed by atoms with van der Waals surface area (Å²) < 4.78 is 44.1. The fourth-order valence-electron chi connectivity index (χ4n) is 1.83. The molecule has 0 fully saturated rings. The zero-order chi connectivity index (χ0) is 16.8. The number of hydrogen-bond donors (Lipinski definition) is 0. The van der Waals surface area contributed by atoms with Gasteiger partial charge in [0.1, 0.15) is 10.1 Å². The fourth-order valence-corrected chi connectivity index (χ4v) is 2.55. The summed E-state index contributed by atoms with van der Waals surface area (Å²) in [6.07, 6.45) is 0. The van der Waals surface area contributed by atoms with Crippen molar-refractivity contribution in [1.82, 2.24) is 0 Å². The Morgan fingerprint density at radius 3 is 2.09 bits per heavy atom. The van der Waals surface area contributed by atoms with E-state index in [1.54, 1.807) is 4.90 Å². The molecule has 0 aliphatic rings. The molecule has 0 bridgehead atoms. The number of ether oxygens (including phenoxy) is 2. The molecule has 23 heavy (non-hydrogen) atoms. The van der Waals surface area contributed by atoms with Crippen LogP contribution in [0, 0.1) is 10.1 Å². The van der Waals surface area contributed by atoms with Gasteiger partial charge in [-0.05, 0) is 6.07 Å². The minimum atomic E-state index is -4.86. The minimum Gasteiger partial charge on any atom is -0.744 e. The number of rotatable bonds is 9. The molecule has 0 atom stereocenters. The molecular formula is C12H17N2NaO7S. The molecule has 0 aliphatic heterocycles. The van der Waals surface area contributed by atoms with Crippen molar-refractivity contribution in [3.05, 3.63) is 28.3 Å². The Balaban J connectivity index is 0.00000484. The molecule has 0 unspecified atom stereocenters. The van der Waals surface area contributed by atoms with Gasteiger partial charge in [0.2, 0.25) is 0 Å². The number of hydrogen-bond acceptors (Lipinski definition) is 8. The first-order valence-electron chi connectivity index (χ1n) is 6.28. The average molecular weight is 356 g/mol. The molecule has 0 N–H and O–H groups in total. The van der Waals surface area contributed by atoms with Crippen LogP contribution in [-0.2, 0) is 19.6 Å². The third kappa shape index (κ3) is 6.71. The van der Waals surface area contributed by atoms with E-state index >= 15 is 0 Å². The summed E-state index contributed by atoms with van der Waals surface area (Å²) in [7, 11) is -1.90. The van der Waals surface area contributed by atoms with Gasteiger partial charge in [0.05, 0.1) is 28.7 Å². The molecule has 0 saturated carbocycles. The summed E-state index contributed by atoms with van der Waals surface area (Å²) >= 11 is 0. The van der Waals surface area contributed by atoms with E-state index in [9.17, 15) is 23.1 Å². The van der Waals surface area contributed by atoms with Crippen molar-refractivity contribution >= 4 is 21.5 Å². The second-order valence-electron chi connectivity index (χ2n) is 4.34. The summed E-state index contributed by atoms with van der Waals surface area (Å²) in [6.45, 7) is 1.19. The van der Waals surface area contributed by atoms with E-state index in [1.165, 1.54) is 20.3 Å². The van der Waals surface area contributed by atoms with Gasteiger partial charge in [-0.1, -0.05) is 0 Å². The van der Waals surface area contributed by atoms with Crippen LogP contribution in [-0.4, -0.2) is 58.4 Å². The molecule has 0 amide bonds. The smallest absolute Gasteiger partial charge is 0.744 e. The molecule has 9 nitrogen and oxygen atoms in total. The normalized spacial score (nSPS) is 10.9. The van der Waals surface area contributed by atoms with Gasteiger partial charge in [-0.25, -0.2) is 8.42 Å². The number of non-ortho nitro benzene ring substituents is 1. The van der Waals surface area contributed by atoms with Crippen LogP contribution in [0.25, 0.3) is 0 Å². The van der Waals surface area contributed by atoms with E-state index in [0.717, 1.165) is 12.1 Å². The SMILES string of the molecule is COCCN(CCOC)c1ccc([N+](=O)[O-])cc1S(=O)(=O)[O-].[Na+]. The molecular weight excluding hydrogens is 339 g/mol. The Bertz CT molecular complexity index is 616. The standard InChI is InChI=1S/C12H18N2O7S.Na/c1-20-7-5-13(6-8-21-2)11-4-3-10(14(15)16)9-12(11)22(17,18)19;/h3-4,9H,5-8H2,1-2H3,(H,17,18,19);/q;+1/p-1. The van der Waals surface area contributed by atoms with Crippen molar-refractivity contribution in [2.24, 2.45) is 0 Å². The van der Waals surface area contributed by atoms with Crippen LogP contribution in [0.2, 0.25) is 0 Å².